The molecule has 0 aliphatic carbocycles. The van der Waals surface area contributed by atoms with Crippen LogP contribution in [0.2, 0.25) is 0 Å². The van der Waals surface area contributed by atoms with Crippen LogP contribution < -0.4 is 5.32 Å². The van der Waals surface area contributed by atoms with Gasteiger partial charge in [-0.3, -0.25) is 4.79 Å². The van der Waals surface area contributed by atoms with Crippen molar-refractivity contribution in [2.75, 3.05) is 13.1 Å². The molecule has 0 bridgehead atoms. The second-order valence-corrected chi connectivity index (χ2v) is 6.27. The van der Waals surface area contributed by atoms with Gasteiger partial charge in [0.2, 0.25) is 0 Å². The first-order valence-electron chi connectivity index (χ1n) is 6.28. The Hall–Kier alpha value is -1.01. The van der Waals surface area contributed by atoms with E-state index in [0.29, 0.717) is 24.3 Å². The Morgan fingerprint density at radius 1 is 1.47 bits per heavy atom. The molecule has 0 saturated carbocycles. The van der Waals surface area contributed by atoms with E-state index in [-0.39, 0.29) is 5.60 Å². The number of thiazole rings is 1. The number of hydrogen-bond donors (Lipinski definition) is 1. The van der Waals surface area contributed by atoms with Gasteiger partial charge in [0.25, 0.3) is 6.47 Å². The molecule has 2 heterocycles. The second kappa shape index (κ2) is 6.96. The lowest BCUT2D eigenvalue weighted by molar-refractivity contribution is -0.138. The average molecular weight is 288 g/mol. The predicted molar refractivity (Wildman–Crippen MR) is 73.9 cm³/mol. The van der Waals surface area contributed by atoms with E-state index in [0.717, 1.165) is 13.1 Å². The number of hydrogen-bond acceptors (Lipinski definition) is 5. The van der Waals surface area contributed by atoms with Gasteiger partial charge in [0.1, 0.15) is 10.6 Å². The molecule has 1 N–H and O–H groups in total. The molecule has 0 unspecified atom stereocenters. The number of nitrogens with zero attached hydrogens (tertiary/aromatic N) is 1. The molecule has 4 nitrogen and oxygen atoms in total. The molecule has 1 aliphatic rings. The molecule has 0 amide bonds. The lowest BCUT2D eigenvalue weighted by atomic mass is 9.95. The van der Waals surface area contributed by atoms with Crippen LogP contribution in [0.4, 0.5) is 4.39 Å². The van der Waals surface area contributed by atoms with E-state index in [1.807, 2.05) is 26.2 Å². The van der Waals surface area contributed by atoms with Crippen LogP contribution in [0.5, 0.6) is 0 Å². The van der Waals surface area contributed by atoms with Gasteiger partial charge in [-0.05, 0) is 33.9 Å². The van der Waals surface area contributed by atoms with Crippen LogP contribution >= 0.6 is 11.3 Å². The first-order chi connectivity index (χ1) is 8.87. The Balaban J connectivity index is 0.000000224. The summed E-state index contributed by atoms with van der Waals surface area (Å²) in [6, 6.07) is 0. The van der Waals surface area contributed by atoms with Crippen molar-refractivity contribution in [2.24, 2.45) is 0 Å². The molecule has 0 radical (unpaired) electrons. The van der Waals surface area contributed by atoms with Gasteiger partial charge in [0.05, 0.1) is 0 Å². The monoisotopic (exact) mass is 288 g/mol. The summed E-state index contributed by atoms with van der Waals surface area (Å²) in [6.07, 6.45) is 2.78. The highest BCUT2D eigenvalue weighted by Crippen LogP contribution is 2.35. The third kappa shape index (κ3) is 5.65. The molecule has 1 fully saturated rings. The molecule has 1 saturated heterocycles. The lowest BCUT2D eigenvalue weighted by Crippen LogP contribution is -2.36. The summed E-state index contributed by atoms with van der Waals surface area (Å²) in [5, 5.41) is 5.61. The van der Waals surface area contributed by atoms with E-state index in [9.17, 15) is 9.18 Å². The summed E-state index contributed by atoms with van der Waals surface area (Å²) >= 11 is 1.41. The summed E-state index contributed by atoms with van der Waals surface area (Å²) in [5.74, 6) is 0. The van der Waals surface area contributed by atoms with Crippen LogP contribution in [0.25, 0.3) is 0 Å². The minimum atomic E-state index is -1.15. The van der Waals surface area contributed by atoms with Crippen LogP contribution in [0.3, 0.4) is 0 Å². The quantitative estimate of drug-likeness (QED) is 0.850. The standard InChI is InChI=1S/C8H11FN2S.C5H10O2/c9-8(1-3-10-4-2-8)7-11-5-6-12-7;1-5(2,3)7-4-6/h5-6,10H,1-4H2;4H,1-3H3. The molecular formula is C13H21FN2O2S. The van der Waals surface area contributed by atoms with Crippen molar-refractivity contribution in [3.63, 3.8) is 0 Å². The average Bonchev–Trinajstić information content (AvgIpc) is 2.83. The Morgan fingerprint density at radius 3 is 2.47 bits per heavy atom. The SMILES string of the molecule is CC(C)(C)OC=O.FC1(c2nccs2)CCNCC1. The maximum Gasteiger partial charge on any atom is 0.293 e. The number of piperidine rings is 1. The summed E-state index contributed by atoms with van der Waals surface area (Å²) in [4.78, 5) is 13.6. The minimum Gasteiger partial charge on any atom is -0.462 e. The zero-order valence-corrected chi connectivity index (χ0v) is 12.4. The first kappa shape index (κ1) is 16.0. The molecule has 1 aliphatic heterocycles. The number of carbonyl (C=O) groups is 1. The molecule has 108 valence electrons. The summed E-state index contributed by atoms with van der Waals surface area (Å²) in [7, 11) is 0. The summed E-state index contributed by atoms with van der Waals surface area (Å²) < 4.78 is 18.6. The second-order valence-electron chi connectivity index (χ2n) is 5.38. The van der Waals surface area contributed by atoms with Gasteiger partial charge >= 0.3 is 0 Å². The van der Waals surface area contributed by atoms with Gasteiger partial charge in [-0.25, -0.2) is 9.37 Å². The lowest BCUT2D eigenvalue weighted by Gasteiger charge is -2.27. The zero-order valence-electron chi connectivity index (χ0n) is 11.6. The Morgan fingerprint density at radius 2 is 2.11 bits per heavy atom. The third-order valence-corrected chi connectivity index (χ3v) is 3.57. The molecule has 1 aromatic heterocycles. The number of aromatic nitrogens is 1. The van der Waals surface area contributed by atoms with Crippen molar-refractivity contribution >= 4 is 17.8 Å². The molecule has 19 heavy (non-hydrogen) atoms. The maximum atomic E-state index is 14.0. The fourth-order valence-electron chi connectivity index (χ4n) is 1.63. The zero-order chi connectivity index (χ0) is 14.4. The Labute approximate surface area is 117 Å². The normalized spacial score (nSPS) is 18.1. The summed E-state index contributed by atoms with van der Waals surface area (Å²) in [6.45, 7) is 7.44. The number of halogens is 1. The molecular weight excluding hydrogens is 267 g/mol. The van der Waals surface area contributed by atoms with Crippen LogP contribution in [0, 0.1) is 0 Å². The first-order valence-corrected chi connectivity index (χ1v) is 7.16. The smallest absolute Gasteiger partial charge is 0.293 e. The maximum absolute atomic E-state index is 14.0. The van der Waals surface area contributed by atoms with Crippen LogP contribution in [-0.2, 0) is 15.2 Å². The molecule has 0 aromatic carbocycles. The van der Waals surface area contributed by atoms with Gasteiger partial charge in [-0.1, -0.05) is 0 Å². The van der Waals surface area contributed by atoms with Crippen molar-refractivity contribution in [3.8, 4) is 0 Å². The van der Waals surface area contributed by atoms with Gasteiger partial charge in [0.15, 0.2) is 5.67 Å². The van der Waals surface area contributed by atoms with Gasteiger partial charge < -0.3 is 10.1 Å². The van der Waals surface area contributed by atoms with Crippen molar-refractivity contribution in [2.45, 2.75) is 44.9 Å². The van der Waals surface area contributed by atoms with Crippen LogP contribution in [0.1, 0.15) is 38.6 Å². The highest BCUT2D eigenvalue weighted by molar-refractivity contribution is 7.09. The topological polar surface area (TPSA) is 51.2 Å². The highest BCUT2D eigenvalue weighted by atomic mass is 32.1. The fraction of sp³-hybridized carbons (Fsp3) is 0.692. The van der Waals surface area contributed by atoms with Crippen molar-refractivity contribution < 1.29 is 13.9 Å². The van der Waals surface area contributed by atoms with E-state index in [2.05, 4.69) is 15.0 Å². The molecule has 0 atom stereocenters. The molecule has 2 rings (SSSR count). The number of rotatable bonds is 2. The van der Waals surface area contributed by atoms with Gasteiger partial charge in [0, 0.05) is 24.4 Å². The van der Waals surface area contributed by atoms with E-state index in [4.69, 9.17) is 0 Å². The predicted octanol–water partition coefficient (Wildman–Crippen LogP) is 2.65. The van der Waals surface area contributed by atoms with Crippen molar-refractivity contribution in [1.29, 1.82) is 0 Å². The number of nitrogens with one attached hydrogen (secondary N) is 1. The van der Waals surface area contributed by atoms with Crippen molar-refractivity contribution in [3.05, 3.63) is 16.6 Å². The van der Waals surface area contributed by atoms with Crippen LogP contribution in [0.15, 0.2) is 11.6 Å². The van der Waals surface area contributed by atoms with Crippen molar-refractivity contribution in [1.82, 2.24) is 10.3 Å². The highest BCUT2D eigenvalue weighted by Gasteiger charge is 2.35. The van der Waals surface area contributed by atoms with E-state index in [1.165, 1.54) is 11.3 Å². The molecule has 1 aromatic rings. The van der Waals surface area contributed by atoms with E-state index >= 15 is 0 Å². The summed E-state index contributed by atoms with van der Waals surface area (Å²) in [5.41, 5.74) is -1.47. The minimum absolute atomic E-state index is 0.318. The third-order valence-electron chi connectivity index (χ3n) is 2.61. The van der Waals surface area contributed by atoms with Gasteiger partial charge in [-0.2, -0.15) is 0 Å². The van der Waals surface area contributed by atoms with Crippen LogP contribution in [-0.4, -0.2) is 30.1 Å². The largest absolute Gasteiger partial charge is 0.462 e. The van der Waals surface area contributed by atoms with Gasteiger partial charge in [-0.15, -0.1) is 11.3 Å². The number of alkyl halides is 1. The van der Waals surface area contributed by atoms with E-state index in [1.54, 1.807) is 6.20 Å². The molecule has 6 heteroatoms. The molecule has 0 spiro atoms. The Bertz CT molecular complexity index is 370. The fourth-order valence-corrected chi connectivity index (χ4v) is 2.41. The number of ether oxygens (including phenoxy) is 1. The Kier molecular flexibility index (Phi) is 5.87. The van der Waals surface area contributed by atoms with E-state index < -0.39 is 5.67 Å². The number of carbonyl (C=O) groups excluding carboxylic acids is 1.